The molecule has 0 aromatic carbocycles. The Morgan fingerprint density at radius 3 is 2.90 bits per heavy atom. The highest BCUT2D eigenvalue weighted by molar-refractivity contribution is 5.97. The molecule has 3 unspecified atom stereocenters. The van der Waals surface area contributed by atoms with Crippen LogP contribution in [0.25, 0.3) is 0 Å². The lowest BCUT2D eigenvalue weighted by Crippen LogP contribution is -2.39. The molecule has 0 spiro atoms. The normalized spacial score (nSPS) is 31.6. The first-order valence-corrected chi connectivity index (χ1v) is 11.2. The number of rotatable bonds is 4. The Balaban J connectivity index is 1.25. The maximum Gasteiger partial charge on any atom is 0.253 e. The van der Waals surface area contributed by atoms with Crippen LogP contribution in [0.5, 0.6) is 0 Å². The molecule has 1 aromatic heterocycles. The van der Waals surface area contributed by atoms with E-state index >= 15 is 0 Å². The van der Waals surface area contributed by atoms with Gasteiger partial charge in [0.25, 0.3) is 5.91 Å². The molecule has 6 nitrogen and oxygen atoms in total. The molecule has 4 aliphatic rings. The van der Waals surface area contributed by atoms with Crippen LogP contribution in [-0.4, -0.2) is 51.0 Å². The third-order valence-corrected chi connectivity index (χ3v) is 7.21. The first-order valence-electron chi connectivity index (χ1n) is 11.2. The van der Waals surface area contributed by atoms with Crippen LogP contribution in [0, 0.1) is 17.8 Å². The van der Waals surface area contributed by atoms with E-state index in [1.165, 1.54) is 12.0 Å². The van der Waals surface area contributed by atoms with Crippen molar-refractivity contribution in [2.75, 3.05) is 13.1 Å². The van der Waals surface area contributed by atoms with Crippen LogP contribution in [0.2, 0.25) is 0 Å². The van der Waals surface area contributed by atoms with Gasteiger partial charge < -0.3 is 14.3 Å². The standard InChI is InChI=1S/C24H32N4O2/c1-16-25-21(26-30-16)8-10-27-9-7-17-11-18(5-6-20(17)27)22(29)28-15-24(4)13-19(28)12-23(2,3)14-24/h5,7,9,11,19-20H,6,8,10,12-15H2,1-4H3. The van der Waals surface area contributed by atoms with Gasteiger partial charge >= 0.3 is 0 Å². The lowest BCUT2D eigenvalue weighted by molar-refractivity contribution is -0.127. The number of hydrogen-bond donors (Lipinski definition) is 0. The predicted octanol–water partition coefficient (Wildman–Crippen LogP) is 3.80. The van der Waals surface area contributed by atoms with Crippen LogP contribution in [0.4, 0.5) is 0 Å². The molecule has 2 aliphatic heterocycles. The van der Waals surface area contributed by atoms with E-state index in [1.807, 2.05) is 6.92 Å². The molecule has 0 radical (unpaired) electrons. The molecule has 1 saturated carbocycles. The Bertz CT molecular complexity index is 956. The zero-order chi connectivity index (χ0) is 21.1. The molecule has 30 heavy (non-hydrogen) atoms. The van der Waals surface area contributed by atoms with E-state index in [0.717, 1.165) is 50.2 Å². The minimum Gasteiger partial charge on any atom is -0.370 e. The lowest BCUT2D eigenvalue weighted by atomic mass is 9.65. The van der Waals surface area contributed by atoms with Gasteiger partial charge in [-0.15, -0.1) is 0 Å². The third kappa shape index (κ3) is 3.50. The Hall–Kier alpha value is -2.37. The van der Waals surface area contributed by atoms with Crippen LogP contribution in [0.15, 0.2) is 40.1 Å². The lowest BCUT2D eigenvalue weighted by Gasteiger charge is -2.39. The molecule has 3 heterocycles. The largest absolute Gasteiger partial charge is 0.370 e. The van der Waals surface area contributed by atoms with Gasteiger partial charge in [-0.1, -0.05) is 32.0 Å². The number of likely N-dealkylation sites (tertiary alicyclic amines) is 1. The zero-order valence-corrected chi connectivity index (χ0v) is 18.5. The van der Waals surface area contributed by atoms with Crippen molar-refractivity contribution in [1.82, 2.24) is 19.9 Å². The molecule has 1 amide bonds. The SMILES string of the molecule is Cc1nc(CCN2C=CC3=CC(C(=O)N4CC5(C)CC4CC(C)(C)C5)=CCC32)no1. The number of aryl methyl sites for hydroxylation is 1. The van der Waals surface area contributed by atoms with Gasteiger partial charge in [-0.25, -0.2) is 0 Å². The molecular weight excluding hydrogens is 376 g/mol. The number of aromatic nitrogens is 2. The molecule has 1 aromatic rings. The Kier molecular flexibility index (Phi) is 4.46. The summed E-state index contributed by atoms with van der Waals surface area (Å²) in [7, 11) is 0. The Labute approximate surface area is 178 Å². The monoisotopic (exact) mass is 408 g/mol. The number of hydrogen-bond acceptors (Lipinski definition) is 5. The van der Waals surface area contributed by atoms with E-state index < -0.39 is 0 Å². The van der Waals surface area contributed by atoms with Gasteiger partial charge in [0.2, 0.25) is 5.89 Å². The second-order valence-corrected chi connectivity index (χ2v) is 10.7. The fraction of sp³-hybridized carbons (Fsp3) is 0.625. The zero-order valence-electron chi connectivity index (χ0n) is 18.5. The van der Waals surface area contributed by atoms with Crippen LogP contribution < -0.4 is 0 Å². The summed E-state index contributed by atoms with van der Waals surface area (Å²) in [6, 6.07) is 0.695. The Morgan fingerprint density at radius 1 is 1.30 bits per heavy atom. The molecular formula is C24H32N4O2. The molecule has 2 fully saturated rings. The second-order valence-electron chi connectivity index (χ2n) is 10.7. The predicted molar refractivity (Wildman–Crippen MR) is 114 cm³/mol. The van der Waals surface area contributed by atoms with Crippen molar-refractivity contribution in [3.63, 3.8) is 0 Å². The van der Waals surface area contributed by atoms with Crippen molar-refractivity contribution in [3.05, 3.63) is 47.3 Å². The number of amides is 1. The van der Waals surface area contributed by atoms with Crippen molar-refractivity contribution in [3.8, 4) is 0 Å². The fourth-order valence-electron chi connectivity index (χ4n) is 6.40. The van der Waals surface area contributed by atoms with Crippen LogP contribution in [-0.2, 0) is 11.2 Å². The number of carbonyl (C=O) groups is 1. The van der Waals surface area contributed by atoms with E-state index in [0.29, 0.717) is 23.4 Å². The minimum absolute atomic E-state index is 0.224. The number of nitrogens with zero attached hydrogens (tertiary/aromatic N) is 4. The van der Waals surface area contributed by atoms with Crippen molar-refractivity contribution in [1.29, 1.82) is 0 Å². The highest BCUT2D eigenvalue weighted by Crippen LogP contribution is 2.52. The van der Waals surface area contributed by atoms with Gasteiger partial charge in [-0.3, -0.25) is 4.79 Å². The van der Waals surface area contributed by atoms with E-state index in [1.54, 1.807) is 0 Å². The van der Waals surface area contributed by atoms with Crippen LogP contribution in [0.1, 0.15) is 58.2 Å². The third-order valence-electron chi connectivity index (χ3n) is 7.21. The molecule has 0 N–H and O–H groups in total. The van der Waals surface area contributed by atoms with Crippen LogP contribution >= 0.6 is 0 Å². The average molecular weight is 409 g/mol. The fourth-order valence-corrected chi connectivity index (χ4v) is 6.40. The molecule has 3 atom stereocenters. The van der Waals surface area contributed by atoms with E-state index in [4.69, 9.17) is 4.52 Å². The summed E-state index contributed by atoms with van der Waals surface area (Å²) in [4.78, 5) is 22.2. The maximum absolute atomic E-state index is 13.4. The molecule has 2 aliphatic carbocycles. The number of carbonyl (C=O) groups excluding carboxylic acids is 1. The van der Waals surface area contributed by atoms with Gasteiger partial charge in [0, 0.05) is 38.0 Å². The van der Waals surface area contributed by atoms with Crippen molar-refractivity contribution >= 4 is 5.91 Å². The highest BCUT2D eigenvalue weighted by atomic mass is 16.5. The Morgan fingerprint density at radius 2 is 2.13 bits per heavy atom. The summed E-state index contributed by atoms with van der Waals surface area (Å²) in [5.41, 5.74) is 2.70. The van der Waals surface area contributed by atoms with Gasteiger partial charge in [0.1, 0.15) is 0 Å². The van der Waals surface area contributed by atoms with Gasteiger partial charge in [0.15, 0.2) is 5.82 Å². The van der Waals surface area contributed by atoms with Crippen molar-refractivity contribution in [2.45, 2.75) is 71.9 Å². The molecule has 5 rings (SSSR count). The molecule has 1 saturated heterocycles. The summed E-state index contributed by atoms with van der Waals surface area (Å²) < 4.78 is 5.06. The summed E-state index contributed by atoms with van der Waals surface area (Å²) in [5, 5.41) is 3.99. The minimum atomic E-state index is 0.224. The number of fused-ring (bicyclic) bond motifs is 3. The summed E-state index contributed by atoms with van der Waals surface area (Å²) in [6.45, 7) is 10.6. The first-order chi connectivity index (χ1) is 14.2. The van der Waals surface area contributed by atoms with Crippen LogP contribution in [0.3, 0.4) is 0 Å². The van der Waals surface area contributed by atoms with E-state index in [-0.39, 0.29) is 11.3 Å². The van der Waals surface area contributed by atoms with E-state index in [2.05, 4.69) is 65.1 Å². The maximum atomic E-state index is 13.4. The topological polar surface area (TPSA) is 62.5 Å². The first kappa shape index (κ1) is 19.6. The smallest absolute Gasteiger partial charge is 0.253 e. The van der Waals surface area contributed by atoms with Crippen molar-refractivity contribution < 1.29 is 9.32 Å². The molecule has 2 bridgehead atoms. The molecule has 6 heteroatoms. The highest BCUT2D eigenvalue weighted by Gasteiger charge is 2.51. The summed E-state index contributed by atoms with van der Waals surface area (Å²) in [6.07, 6.45) is 13.6. The average Bonchev–Trinajstić information content (AvgIpc) is 3.33. The summed E-state index contributed by atoms with van der Waals surface area (Å²) in [5.74, 6) is 1.58. The van der Waals surface area contributed by atoms with E-state index in [9.17, 15) is 4.79 Å². The van der Waals surface area contributed by atoms with Gasteiger partial charge in [0.05, 0.1) is 6.04 Å². The van der Waals surface area contributed by atoms with Crippen molar-refractivity contribution in [2.24, 2.45) is 10.8 Å². The van der Waals surface area contributed by atoms with Gasteiger partial charge in [-0.05, 0) is 60.4 Å². The quantitative estimate of drug-likeness (QED) is 0.758. The second kappa shape index (κ2) is 6.82. The molecule has 160 valence electrons. The van der Waals surface area contributed by atoms with Gasteiger partial charge in [-0.2, -0.15) is 4.98 Å². The summed E-state index contributed by atoms with van der Waals surface area (Å²) >= 11 is 0.